The van der Waals surface area contributed by atoms with Crippen LogP contribution < -0.4 is 4.74 Å². The zero-order valence-corrected chi connectivity index (χ0v) is 12.4. The van der Waals surface area contributed by atoms with Crippen LogP contribution in [0.1, 0.15) is 39.2 Å². The van der Waals surface area contributed by atoms with E-state index in [0.29, 0.717) is 6.61 Å². The van der Waals surface area contributed by atoms with Gasteiger partial charge in [-0.1, -0.05) is 12.1 Å². The van der Waals surface area contributed by atoms with Crippen molar-refractivity contribution in [2.75, 3.05) is 13.7 Å². The highest BCUT2D eigenvalue weighted by Gasteiger charge is 2.22. The van der Waals surface area contributed by atoms with Gasteiger partial charge in [-0.15, -0.1) is 0 Å². The lowest BCUT2D eigenvalue weighted by Crippen LogP contribution is -2.23. The van der Waals surface area contributed by atoms with E-state index in [-0.39, 0.29) is 5.97 Å². The third-order valence-electron chi connectivity index (χ3n) is 2.86. The van der Waals surface area contributed by atoms with E-state index in [9.17, 15) is 4.79 Å². The van der Waals surface area contributed by atoms with Crippen molar-refractivity contribution in [2.45, 2.75) is 40.0 Å². The van der Waals surface area contributed by atoms with Gasteiger partial charge in [0, 0.05) is 0 Å². The molecule has 0 saturated heterocycles. The Bertz CT molecular complexity index is 387. The molecule has 3 nitrogen and oxygen atoms in total. The van der Waals surface area contributed by atoms with Gasteiger partial charge in [-0.3, -0.25) is 4.79 Å². The van der Waals surface area contributed by atoms with Crippen molar-refractivity contribution in [3.8, 4) is 5.75 Å². The summed E-state index contributed by atoms with van der Waals surface area (Å²) >= 11 is 0. The first kappa shape index (κ1) is 15.5. The Morgan fingerprint density at radius 1 is 1.11 bits per heavy atom. The molecule has 0 aromatic heterocycles. The van der Waals surface area contributed by atoms with Gasteiger partial charge in [0.2, 0.25) is 0 Å². The van der Waals surface area contributed by atoms with E-state index in [4.69, 9.17) is 9.47 Å². The second-order valence-corrected chi connectivity index (χ2v) is 5.69. The van der Waals surface area contributed by atoms with E-state index in [0.717, 1.165) is 25.0 Å². The lowest BCUT2D eigenvalue weighted by atomic mass is 9.97. The van der Waals surface area contributed by atoms with E-state index >= 15 is 0 Å². The van der Waals surface area contributed by atoms with Crippen molar-refractivity contribution in [1.29, 1.82) is 0 Å². The van der Waals surface area contributed by atoms with Crippen LogP contribution in [-0.2, 0) is 16.0 Å². The van der Waals surface area contributed by atoms with Gasteiger partial charge in [0.25, 0.3) is 0 Å². The number of esters is 1. The molecule has 0 bridgehead atoms. The van der Waals surface area contributed by atoms with Crippen LogP contribution in [0.4, 0.5) is 0 Å². The lowest BCUT2D eigenvalue weighted by Gasteiger charge is -2.16. The summed E-state index contributed by atoms with van der Waals surface area (Å²) in [6.07, 6.45) is 2.91. The number of aryl methyl sites for hydroxylation is 1. The van der Waals surface area contributed by atoms with Crippen LogP contribution in [0.25, 0.3) is 0 Å². The zero-order chi connectivity index (χ0) is 14.3. The summed E-state index contributed by atoms with van der Waals surface area (Å²) in [6, 6.07) is 8.07. The molecule has 0 aliphatic heterocycles. The van der Waals surface area contributed by atoms with Crippen LogP contribution in [0.15, 0.2) is 24.3 Å². The summed E-state index contributed by atoms with van der Waals surface area (Å²) in [4.78, 5) is 11.5. The SMILES string of the molecule is COc1ccc(CCCCOC(=O)C(C)(C)C)cc1. The van der Waals surface area contributed by atoms with Crippen LogP contribution >= 0.6 is 0 Å². The molecule has 0 heterocycles. The van der Waals surface area contributed by atoms with Crippen molar-refractivity contribution < 1.29 is 14.3 Å². The predicted molar refractivity (Wildman–Crippen MR) is 76.3 cm³/mol. The summed E-state index contributed by atoms with van der Waals surface area (Å²) in [5.74, 6) is 0.750. The molecule has 3 heteroatoms. The molecule has 1 aromatic carbocycles. The normalized spacial score (nSPS) is 11.2. The average molecular weight is 264 g/mol. The molecule has 0 unspecified atom stereocenters. The number of ether oxygens (including phenoxy) is 2. The number of benzene rings is 1. The zero-order valence-electron chi connectivity index (χ0n) is 12.4. The molecule has 0 aliphatic carbocycles. The molecule has 0 aliphatic rings. The highest BCUT2D eigenvalue weighted by atomic mass is 16.5. The van der Waals surface area contributed by atoms with Crippen molar-refractivity contribution in [2.24, 2.45) is 5.41 Å². The van der Waals surface area contributed by atoms with Crippen LogP contribution in [0.2, 0.25) is 0 Å². The van der Waals surface area contributed by atoms with Gasteiger partial charge in [-0.05, 0) is 57.7 Å². The van der Waals surface area contributed by atoms with Crippen LogP contribution in [-0.4, -0.2) is 19.7 Å². The molecule has 0 spiro atoms. The minimum absolute atomic E-state index is 0.128. The van der Waals surface area contributed by atoms with E-state index in [1.54, 1.807) is 7.11 Å². The standard InChI is InChI=1S/C16H24O3/c1-16(2,3)15(17)19-12-6-5-7-13-8-10-14(18-4)11-9-13/h8-11H,5-7,12H2,1-4H3. The number of rotatable bonds is 6. The molecule has 0 radical (unpaired) electrons. The number of hydrogen-bond acceptors (Lipinski definition) is 3. The number of unbranched alkanes of at least 4 members (excludes halogenated alkanes) is 1. The molecule has 0 atom stereocenters. The Morgan fingerprint density at radius 3 is 2.26 bits per heavy atom. The van der Waals surface area contributed by atoms with E-state index in [1.807, 2.05) is 32.9 Å². The summed E-state index contributed by atoms with van der Waals surface area (Å²) in [6.45, 7) is 6.11. The molecule has 106 valence electrons. The third kappa shape index (κ3) is 5.77. The first-order valence-corrected chi connectivity index (χ1v) is 6.73. The molecule has 19 heavy (non-hydrogen) atoms. The van der Waals surface area contributed by atoms with Crippen LogP contribution in [0.5, 0.6) is 5.75 Å². The molecular weight excluding hydrogens is 240 g/mol. The predicted octanol–water partition coefficient (Wildman–Crippen LogP) is 3.61. The van der Waals surface area contributed by atoms with Gasteiger partial charge >= 0.3 is 5.97 Å². The Morgan fingerprint density at radius 2 is 1.74 bits per heavy atom. The first-order chi connectivity index (χ1) is 8.93. The minimum atomic E-state index is -0.407. The molecular formula is C16H24O3. The number of carbonyl (C=O) groups excluding carboxylic acids is 1. The second-order valence-electron chi connectivity index (χ2n) is 5.69. The molecule has 0 N–H and O–H groups in total. The smallest absolute Gasteiger partial charge is 0.311 e. The van der Waals surface area contributed by atoms with Crippen molar-refractivity contribution in [1.82, 2.24) is 0 Å². The van der Waals surface area contributed by atoms with Crippen molar-refractivity contribution >= 4 is 5.97 Å². The van der Waals surface area contributed by atoms with Gasteiger partial charge in [-0.2, -0.15) is 0 Å². The Balaban J connectivity index is 2.18. The molecule has 0 fully saturated rings. The van der Waals surface area contributed by atoms with Crippen LogP contribution in [0, 0.1) is 5.41 Å². The van der Waals surface area contributed by atoms with Gasteiger partial charge in [0.05, 0.1) is 19.1 Å². The van der Waals surface area contributed by atoms with E-state index < -0.39 is 5.41 Å². The molecule has 0 amide bonds. The highest BCUT2D eigenvalue weighted by molar-refractivity contribution is 5.75. The monoisotopic (exact) mass is 264 g/mol. The summed E-state index contributed by atoms with van der Waals surface area (Å²) in [5.41, 5.74) is 0.874. The number of methoxy groups -OCH3 is 1. The largest absolute Gasteiger partial charge is 0.497 e. The summed E-state index contributed by atoms with van der Waals surface area (Å²) in [7, 11) is 1.67. The second kappa shape index (κ2) is 7.17. The van der Waals surface area contributed by atoms with E-state index in [1.165, 1.54) is 5.56 Å². The maximum atomic E-state index is 11.5. The van der Waals surface area contributed by atoms with Gasteiger partial charge in [0.15, 0.2) is 0 Å². The van der Waals surface area contributed by atoms with Gasteiger partial charge in [0.1, 0.15) is 5.75 Å². The van der Waals surface area contributed by atoms with Crippen molar-refractivity contribution in [3.63, 3.8) is 0 Å². The Kier molecular flexibility index (Phi) is 5.87. The quantitative estimate of drug-likeness (QED) is 0.581. The Hall–Kier alpha value is -1.51. The average Bonchev–Trinajstić information content (AvgIpc) is 2.37. The summed E-state index contributed by atoms with van der Waals surface area (Å²) in [5, 5.41) is 0. The molecule has 1 rings (SSSR count). The number of carbonyl (C=O) groups is 1. The fourth-order valence-corrected chi connectivity index (χ4v) is 1.60. The highest BCUT2D eigenvalue weighted by Crippen LogP contribution is 2.16. The van der Waals surface area contributed by atoms with Crippen LogP contribution in [0.3, 0.4) is 0 Å². The minimum Gasteiger partial charge on any atom is -0.497 e. The maximum absolute atomic E-state index is 11.5. The fourth-order valence-electron chi connectivity index (χ4n) is 1.60. The summed E-state index contributed by atoms with van der Waals surface area (Å²) < 4.78 is 10.3. The van der Waals surface area contributed by atoms with Gasteiger partial charge < -0.3 is 9.47 Å². The molecule has 0 saturated carbocycles. The maximum Gasteiger partial charge on any atom is 0.311 e. The fraction of sp³-hybridized carbons (Fsp3) is 0.562. The molecule has 1 aromatic rings. The first-order valence-electron chi connectivity index (χ1n) is 6.73. The van der Waals surface area contributed by atoms with Crippen molar-refractivity contribution in [3.05, 3.63) is 29.8 Å². The van der Waals surface area contributed by atoms with Gasteiger partial charge in [-0.25, -0.2) is 0 Å². The Labute approximate surface area is 115 Å². The topological polar surface area (TPSA) is 35.5 Å². The van der Waals surface area contributed by atoms with E-state index in [2.05, 4.69) is 12.1 Å². The lowest BCUT2D eigenvalue weighted by molar-refractivity contribution is -0.153. The number of hydrogen-bond donors (Lipinski definition) is 0. The third-order valence-corrected chi connectivity index (χ3v) is 2.86.